The number of carbonyl (C=O) groups excluding carboxylic acids is 1. The average molecular weight is 1220 g/mol. The van der Waals surface area contributed by atoms with Crippen molar-refractivity contribution in [1.29, 1.82) is 0 Å². The predicted molar refractivity (Wildman–Crippen MR) is 277 cm³/mol. The molecule has 426 valence electrons. The van der Waals surface area contributed by atoms with Gasteiger partial charge in [-0.15, -0.1) is 0 Å². The molecule has 1 aliphatic carbocycles. The third-order valence-corrected chi connectivity index (χ3v) is 16.3. The number of aliphatic hydroxyl groups is 1. The maximum Gasteiger partial charge on any atom is 0.490 e. The first-order valence-electron chi connectivity index (χ1n) is 22.7. The molecule has 0 saturated carbocycles. The van der Waals surface area contributed by atoms with Crippen LogP contribution >= 0.6 is 46.7 Å². The molecule has 0 spiro atoms. The highest BCUT2D eigenvalue weighted by Crippen LogP contribution is 2.66. The van der Waals surface area contributed by atoms with E-state index < -0.39 is 123 Å². The number of hydrogen-bond acceptors (Lipinski definition) is 20. The molecule has 29 nitrogen and oxygen atoms in total. The van der Waals surface area contributed by atoms with E-state index >= 15 is 0 Å². The number of phosphoric acid groups is 3. The molecule has 3 unspecified atom stereocenters. The Balaban J connectivity index is 1.08. The number of carbonyl (C=O) groups is 2. The Kier molecular flexibility index (Phi) is 18.3. The van der Waals surface area contributed by atoms with E-state index in [1.165, 1.54) is 50.6 Å². The van der Waals surface area contributed by atoms with E-state index in [2.05, 4.69) is 35.3 Å². The smallest absolute Gasteiger partial charge is 0.490 e. The number of hydrogen-bond donors (Lipinski definition) is 9. The first-order valence-corrected chi connectivity index (χ1v) is 28.0. The minimum Gasteiger partial charge on any atom is -0.503 e. The van der Waals surface area contributed by atoms with Crippen molar-refractivity contribution in [3.8, 4) is 51.5 Å². The number of aromatic carboxylic acids is 1. The second-order valence-electron chi connectivity index (χ2n) is 17.4. The van der Waals surface area contributed by atoms with Gasteiger partial charge in [0.1, 0.15) is 22.4 Å². The summed E-state index contributed by atoms with van der Waals surface area (Å²) in [6.45, 7) is 1.38. The molecule has 6 atom stereocenters. The van der Waals surface area contributed by atoms with Gasteiger partial charge in [0.2, 0.25) is 5.43 Å². The fourth-order valence-electron chi connectivity index (χ4n) is 8.25. The van der Waals surface area contributed by atoms with Gasteiger partial charge in [-0.05, 0) is 53.9 Å². The van der Waals surface area contributed by atoms with Crippen LogP contribution in [0.3, 0.4) is 0 Å². The number of rotatable bonds is 20. The number of nitro groups is 1. The minimum absolute atomic E-state index is 0.0411. The number of aliphatic hydroxyl groups excluding tert-OH is 1. The van der Waals surface area contributed by atoms with Gasteiger partial charge >= 0.3 is 35.1 Å². The van der Waals surface area contributed by atoms with Crippen molar-refractivity contribution in [1.82, 2.24) is 14.9 Å². The molecule has 1 fully saturated rings. The number of fused-ring (bicyclic) bond motifs is 2. The highest BCUT2D eigenvalue weighted by Gasteiger charge is 2.43. The molecule has 3 heterocycles. The fraction of sp³-hybridized carbons (Fsp3) is 0.283. The van der Waals surface area contributed by atoms with Crippen LogP contribution in [0.4, 0.5) is 5.69 Å². The molecular weight excluding hydrogens is 1170 g/mol. The molecule has 34 heteroatoms. The van der Waals surface area contributed by atoms with Crippen LogP contribution in [-0.2, 0) is 42.9 Å². The summed E-state index contributed by atoms with van der Waals surface area (Å²) in [7, 11) is -14.7. The molecule has 4 aromatic rings. The van der Waals surface area contributed by atoms with E-state index in [0.29, 0.717) is 0 Å². The fourth-order valence-corrected chi connectivity index (χ4v) is 11.7. The zero-order valence-corrected chi connectivity index (χ0v) is 45.6. The van der Waals surface area contributed by atoms with Crippen LogP contribution in [0.1, 0.15) is 70.0 Å². The SMILES string of the molecule is COc1cc2c(-c3cc(C(=O)NCC#Cc4ccc([C@H](OCc5cn([C@H]6CC(O)[C@@H](COP(=O)(O)OP(=O)(O)OP(=O)(O)O)O6)c(=O)[nH]c5=O)C(C)C)c([N+](=O)[O-])c4)ccc3C(=O)O)c3cc(OC)c(=O)c(Cl)c-3oc2c(Cl)c1O. The Hall–Kier alpha value is -6.80. The van der Waals surface area contributed by atoms with Crippen molar-refractivity contribution in [3.05, 3.63) is 134 Å². The lowest BCUT2D eigenvalue weighted by Gasteiger charge is -2.22. The Morgan fingerprint density at radius 1 is 0.963 bits per heavy atom. The number of aromatic hydroxyl groups is 1. The van der Waals surface area contributed by atoms with Gasteiger partial charge in [-0.1, -0.05) is 48.9 Å². The normalized spacial score (nSPS) is 17.3. The standard InChI is InChI=1S/C46H43Cl2N4O25P3/c1-20(2)40(72-18-23-17-51(46(60)50-44(23)57)34-16-30(53)33(74-34)19-73-79(66,67)77-80(68,69)76-78(63,64)65)25-9-7-21(12-29(25)52(61)62)6-5-11-49-43(56)22-8-10-24(45(58)59)26(13-22)35-27-14-31(70-3)38(54)36(47)41(27)75-42-28(35)15-32(71-4)39(55)37(42)48/h7-10,12-15,17,20,30,33-34,40,53-54H,11,16,18-19H2,1-4H3,(H,49,56)(H,58,59)(H,66,67)(H,68,69)(H,50,57,60)(H2,63,64,65)/t30?,33-,34-,40-/m1/s1. The molecule has 3 aromatic carbocycles. The zero-order chi connectivity index (χ0) is 58.9. The quantitative estimate of drug-likeness (QED) is 0.0145. The van der Waals surface area contributed by atoms with Crippen molar-refractivity contribution < 1.29 is 99.6 Å². The summed E-state index contributed by atoms with van der Waals surface area (Å²) in [5.74, 6) is 1.58. The second kappa shape index (κ2) is 24.1. The van der Waals surface area contributed by atoms with Crippen LogP contribution in [0.25, 0.3) is 33.4 Å². The molecule has 0 radical (unpaired) electrons. The second-order valence-corrected chi connectivity index (χ2v) is 22.6. The number of phenolic OH excluding ortho intramolecular Hbond substituents is 1. The van der Waals surface area contributed by atoms with Gasteiger partial charge in [-0.3, -0.25) is 38.6 Å². The summed E-state index contributed by atoms with van der Waals surface area (Å²) < 4.78 is 75.6. The highest BCUT2D eigenvalue weighted by molar-refractivity contribution is 7.66. The Bertz CT molecular complexity index is 3850. The highest BCUT2D eigenvalue weighted by atomic mass is 35.5. The number of nitro benzene ring substituents is 1. The number of halogens is 2. The first kappa shape index (κ1) is 60.8. The van der Waals surface area contributed by atoms with E-state index in [1.807, 2.05) is 0 Å². The molecule has 2 aliphatic heterocycles. The Morgan fingerprint density at radius 3 is 2.30 bits per heavy atom. The monoisotopic (exact) mass is 1210 g/mol. The number of carboxylic acids is 1. The third kappa shape index (κ3) is 13.5. The van der Waals surface area contributed by atoms with Crippen molar-refractivity contribution in [3.63, 3.8) is 0 Å². The number of carboxylic acid groups (broad SMARTS) is 1. The largest absolute Gasteiger partial charge is 0.503 e. The van der Waals surface area contributed by atoms with Gasteiger partial charge in [0.05, 0.1) is 67.8 Å². The van der Waals surface area contributed by atoms with E-state index in [9.17, 15) is 72.9 Å². The zero-order valence-electron chi connectivity index (χ0n) is 41.4. The number of benzene rings is 4. The molecule has 1 amide bonds. The summed E-state index contributed by atoms with van der Waals surface area (Å²) in [4.78, 5) is 116. The van der Waals surface area contributed by atoms with Gasteiger partial charge in [0, 0.05) is 46.3 Å². The molecule has 1 saturated heterocycles. The number of nitrogens with zero attached hydrogens (tertiary/aromatic N) is 2. The lowest BCUT2D eigenvalue weighted by Crippen LogP contribution is -2.34. The van der Waals surface area contributed by atoms with E-state index in [-0.39, 0.29) is 84.3 Å². The summed E-state index contributed by atoms with van der Waals surface area (Å²) in [6, 6.07) is 10.1. The average Bonchev–Trinajstić information content (AvgIpc) is 3.74. The van der Waals surface area contributed by atoms with Crippen LogP contribution in [0.5, 0.6) is 17.2 Å². The topological polar surface area (TPSA) is 432 Å². The number of methoxy groups -OCH3 is 2. The predicted octanol–water partition coefficient (Wildman–Crippen LogP) is 5.74. The van der Waals surface area contributed by atoms with E-state index in [1.54, 1.807) is 13.8 Å². The Labute approximate surface area is 458 Å². The number of phenols is 1. The number of amides is 1. The summed E-state index contributed by atoms with van der Waals surface area (Å²) >= 11 is 13.0. The number of aromatic nitrogens is 2. The van der Waals surface area contributed by atoms with Crippen molar-refractivity contribution in [2.75, 3.05) is 27.4 Å². The van der Waals surface area contributed by atoms with Crippen molar-refractivity contribution >= 4 is 75.2 Å². The van der Waals surface area contributed by atoms with Crippen LogP contribution < -0.4 is 31.5 Å². The third-order valence-electron chi connectivity index (χ3n) is 11.8. The lowest BCUT2D eigenvalue weighted by molar-refractivity contribution is -0.386. The van der Waals surface area contributed by atoms with Crippen LogP contribution in [0.2, 0.25) is 10.0 Å². The number of ether oxygens (including phenoxy) is 4. The first-order chi connectivity index (χ1) is 37.4. The number of aromatic amines is 1. The van der Waals surface area contributed by atoms with Crippen LogP contribution in [-0.4, -0.2) is 101 Å². The lowest BCUT2D eigenvalue weighted by atomic mass is 9.89. The maximum absolute atomic E-state index is 13.7. The van der Waals surface area contributed by atoms with Gasteiger partial charge in [0.15, 0.2) is 28.6 Å². The van der Waals surface area contributed by atoms with E-state index in [4.69, 9.17) is 56.4 Å². The summed E-state index contributed by atoms with van der Waals surface area (Å²) in [5.41, 5.74) is -3.88. The number of nitrogens with one attached hydrogen (secondary N) is 2. The molecular formula is C46H43Cl2N4O25P3. The summed E-state index contributed by atoms with van der Waals surface area (Å²) in [5, 5.41) is 46.0. The van der Waals surface area contributed by atoms with Gasteiger partial charge in [-0.25, -0.2) is 23.3 Å². The molecule has 80 heavy (non-hydrogen) atoms. The minimum atomic E-state index is -5.86. The van der Waals surface area contributed by atoms with Gasteiger partial charge in [0.25, 0.3) is 17.2 Å². The molecule has 0 bridgehead atoms. The number of H-pyrrole nitrogens is 1. The van der Waals surface area contributed by atoms with Gasteiger partial charge in [-0.2, -0.15) is 8.62 Å². The summed E-state index contributed by atoms with van der Waals surface area (Å²) in [6.07, 6.45) is -4.92. The van der Waals surface area contributed by atoms with E-state index in [0.717, 1.165) is 22.9 Å². The number of phosphoric ester groups is 1. The Morgan fingerprint density at radius 2 is 1.66 bits per heavy atom. The van der Waals surface area contributed by atoms with Gasteiger partial charge < -0.3 is 63.6 Å². The molecule has 7 rings (SSSR count). The van der Waals surface area contributed by atoms with Crippen molar-refractivity contribution in [2.45, 2.75) is 51.4 Å². The van der Waals surface area contributed by atoms with Crippen LogP contribution in [0, 0.1) is 27.9 Å². The van der Waals surface area contributed by atoms with Crippen LogP contribution in [0.15, 0.2) is 73.5 Å². The molecule has 3 aliphatic rings. The molecule has 9 N–H and O–H groups in total. The van der Waals surface area contributed by atoms with Crippen molar-refractivity contribution in [2.24, 2.45) is 5.92 Å². The maximum atomic E-state index is 13.7. The molecule has 1 aromatic heterocycles.